The van der Waals surface area contributed by atoms with Crippen LogP contribution in [-0.4, -0.2) is 23.8 Å². The van der Waals surface area contributed by atoms with Crippen molar-refractivity contribution in [1.82, 2.24) is 0 Å². The summed E-state index contributed by atoms with van der Waals surface area (Å²) in [5.74, 6) is 1.15. The van der Waals surface area contributed by atoms with E-state index in [-0.39, 0.29) is 11.4 Å². The van der Waals surface area contributed by atoms with Gasteiger partial charge in [-0.2, -0.15) is 0 Å². The Hall–Kier alpha value is -2.62. The van der Waals surface area contributed by atoms with Gasteiger partial charge in [0.2, 0.25) is 0 Å². The molecule has 0 saturated carbocycles. The average Bonchev–Trinajstić information content (AvgIpc) is 2.86. The van der Waals surface area contributed by atoms with Crippen LogP contribution in [-0.2, 0) is 4.79 Å². The highest BCUT2D eigenvalue weighted by atomic mass is 16.5. The Morgan fingerprint density at radius 3 is 2.74 bits per heavy atom. The smallest absolute Gasteiger partial charge is 0.278 e. The lowest BCUT2D eigenvalue weighted by atomic mass is 9.80. The minimum atomic E-state index is -0.241. The molecule has 2 heterocycles. The van der Waals surface area contributed by atoms with Crippen LogP contribution < -0.4 is 9.64 Å². The summed E-state index contributed by atoms with van der Waals surface area (Å²) in [6, 6.07) is 12.0. The first-order chi connectivity index (χ1) is 12.8. The molecule has 0 aliphatic carbocycles. The molecule has 0 aromatic heterocycles. The third-order valence-electron chi connectivity index (χ3n) is 5.49. The van der Waals surface area contributed by atoms with Gasteiger partial charge in [-0.05, 0) is 75.4 Å². The fourth-order valence-electron chi connectivity index (χ4n) is 4.47. The molecule has 4 heteroatoms. The van der Waals surface area contributed by atoms with Crippen LogP contribution >= 0.6 is 0 Å². The zero-order valence-corrected chi connectivity index (χ0v) is 16.7. The first kappa shape index (κ1) is 17.8. The van der Waals surface area contributed by atoms with Crippen molar-refractivity contribution in [2.75, 3.05) is 11.5 Å². The summed E-state index contributed by atoms with van der Waals surface area (Å²) in [5.41, 5.74) is 5.29. The summed E-state index contributed by atoms with van der Waals surface area (Å²) in [4.78, 5) is 20.1. The molecule has 0 unspecified atom stereocenters. The van der Waals surface area contributed by atoms with Gasteiger partial charge in [-0.25, -0.2) is 4.99 Å². The van der Waals surface area contributed by atoms with Gasteiger partial charge in [-0.1, -0.05) is 19.1 Å². The summed E-state index contributed by atoms with van der Waals surface area (Å²) in [6.07, 6.45) is 0.915. The number of carbonyl (C=O) groups is 1. The molecule has 0 radical (unpaired) electrons. The number of nitrogens with zero attached hydrogens (tertiary/aromatic N) is 2. The van der Waals surface area contributed by atoms with Crippen molar-refractivity contribution >= 4 is 23.0 Å². The van der Waals surface area contributed by atoms with Crippen LogP contribution in [0, 0.1) is 6.92 Å². The number of hydrogen-bond donors (Lipinski definition) is 0. The Morgan fingerprint density at radius 1 is 1.26 bits per heavy atom. The molecule has 1 amide bonds. The van der Waals surface area contributed by atoms with Crippen LogP contribution in [0.1, 0.15) is 56.7 Å². The van der Waals surface area contributed by atoms with E-state index in [0.29, 0.717) is 18.2 Å². The number of amides is 1. The Labute approximate surface area is 160 Å². The molecule has 27 heavy (non-hydrogen) atoms. The zero-order valence-electron chi connectivity index (χ0n) is 16.7. The van der Waals surface area contributed by atoms with E-state index in [4.69, 9.17) is 9.73 Å². The normalized spacial score (nSPS) is 21.5. The molecule has 0 saturated heterocycles. The molecule has 2 aliphatic rings. The van der Waals surface area contributed by atoms with Gasteiger partial charge in [0.05, 0.1) is 18.0 Å². The van der Waals surface area contributed by atoms with Crippen LogP contribution in [0.2, 0.25) is 0 Å². The number of aryl methyl sites for hydroxylation is 1. The number of benzene rings is 2. The van der Waals surface area contributed by atoms with E-state index in [1.165, 1.54) is 5.56 Å². The van der Waals surface area contributed by atoms with Crippen molar-refractivity contribution in [3.05, 3.63) is 53.1 Å². The van der Waals surface area contributed by atoms with Crippen LogP contribution in [0.25, 0.3) is 0 Å². The fraction of sp³-hybridized carbons (Fsp3) is 0.391. The van der Waals surface area contributed by atoms with E-state index in [0.717, 1.165) is 34.7 Å². The minimum Gasteiger partial charge on any atom is -0.494 e. The van der Waals surface area contributed by atoms with Gasteiger partial charge in [-0.3, -0.25) is 4.79 Å². The summed E-state index contributed by atoms with van der Waals surface area (Å²) in [5, 5.41) is 0. The zero-order chi connectivity index (χ0) is 19.3. The number of aliphatic imine (C=N–C) groups is 1. The summed E-state index contributed by atoms with van der Waals surface area (Å²) >= 11 is 0. The fourth-order valence-corrected chi connectivity index (χ4v) is 4.47. The molecule has 140 valence electrons. The first-order valence-corrected chi connectivity index (χ1v) is 9.63. The molecule has 2 aromatic carbocycles. The number of carbonyl (C=O) groups excluding carboxylic acids is 1. The monoisotopic (exact) mass is 362 g/mol. The highest BCUT2D eigenvalue weighted by Crippen LogP contribution is 2.50. The molecule has 0 fully saturated rings. The number of hydrogen-bond acceptors (Lipinski definition) is 3. The van der Waals surface area contributed by atoms with Crippen molar-refractivity contribution in [2.24, 2.45) is 4.99 Å². The van der Waals surface area contributed by atoms with Crippen molar-refractivity contribution in [1.29, 1.82) is 0 Å². The van der Waals surface area contributed by atoms with E-state index in [2.05, 4.69) is 26.8 Å². The highest BCUT2D eigenvalue weighted by molar-refractivity contribution is 6.55. The van der Waals surface area contributed by atoms with E-state index >= 15 is 0 Å². The molecule has 0 bridgehead atoms. The molecular formula is C23H26N2O2. The third kappa shape index (κ3) is 2.84. The van der Waals surface area contributed by atoms with E-state index < -0.39 is 0 Å². The molecule has 4 rings (SSSR count). The SMILES string of the molecule is CCOc1cc2c3c(c1)[C@@H](C)CC(C)(C)N3C(=O)C2=Nc1cccc(C)c1. The van der Waals surface area contributed by atoms with Crippen molar-refractivity contribution in [2.45, 2.75) is 52.5 Å². The Kier molecular flexibility index (Phi) is 4.10. The maximum Gasteiger partial charge on any atom is 0.278 e. The van der Waals surface area contributed by atoms with Crippen molar-refractivity contribution in [3.63, 3.8) is 0 Å². The number of ether oxygens (including phenoxy) is 1. The maximum absolute atomic E-state index is 13.4. The first-order valence-electron chi connectivity index (χ1n) is 9.63. The van der Waals surface area contributed by atoms with Gasteiger partial charge in [0.15, 0.2) is 0 Å². The summed E-state index contributed by atoms with van der Waals surface area (Å²) < 4.78 is 5.80. The molecule has 2 aliphatic heterocycles. The molecule has 0 spiro atoms. The van der Waals surface area contributed by atoms with Crippen molar-refractivity contribution < 1.29 is 9.53 Å². The molecule has 2 aromatic rings. The second kappa shape index (κ2) is 6.22. The minimum absolute atomic E-state index is 0.0155. The highest BCUT2D eigenvalue weighted by Gasteiger charge is 2.48. The van der Waals surface area contributed by atoms with E-state index in [1.807, 2.05) is 49.1 Å². The van der Waals surface area contributed by atoms with Crippen LogP contribution in [0.15, 0.2) is 41.4 Å². The van der Waals surface area contributed by atoms with Crippen LogP contribution in [0.5, 0.6) is 5.75 Å². The predicted molar refractivity (Wildman–Crippen MR) is 110 cm³/mol. The number of rotatable bonds is 3. The molecule has 1 atom stereocenters. The third-order valence-corrected chi connectivity index (χ3v) is 5.49. The van der Waals surface area contributed by atoms with Gasteiger partial charge in [-0.15, -0.1) is 0 Å². The lowest BCUT2D eigenvalue weighted by Crippen LogP contribution is -2.50. The molecule has 4 nitrogen and oxygen atoms in total. The van der Waals surface area contributed by atoms with Crippen molar-refractivity contribution in [3.8, 4) is 5.75 Å². The van der Waals surface area contributed by atoms with Gasteiger partial charge >= 0.3 is 0 Å². The maximum atomic E-state index is 13.4. The Balaban J connectivity index is 1.96. The summed E-state index contributed by atoms with van der Waals surface area (Å²) in [7, 11) is 0. The van der Waals surface area contributed by atoms with Crippen LogP contribution in [0.3, 0.4) is 0 Å². The topological polar surface area (TPSA) is 41.9 Å². The van der Waals surface area contributed by atoms with Gasteiger partial charge in [0, 0.05) is 11.1 Å². The van der Waals surface area contributed by atoms with E-state index in [1.54, 1.807) is 0 Å². The number of anilines is 1. The lowest BCUT2D eigenvalue weighted by Gasteiger charge is -2.43. The lowest BCUT2D eigenvalue weighted by molar-refractivity contribution is -0.113. The standard InChI is InChI=1S/C23H26N2O2/c1-6-27-17-11-18-15(3)13-23(4,5)25-21(18)19(12-17)20(22(25)26)24-16-9-7-8-14(2)10-16/h7-12,15H,6,13H2,1-5H3/t15-/m0/s1. The Bertz CT molecular complexity index is 959. The quantitative estimate of drug-likeness (QED) is 0.758. The van der Waals surface area contributed by atoms with Gasteiger partial charge < -0.3 is 9.64 Å². The largest absolute Gasteiger partial charge is 0.494 e. The second-order valence-electron chi connectivity index (χ2n) is 8.20. The Morgan fingerprint density at radius 2 is 2.04 bits per heavy atom. The summed E-state index contributed by atoms with van der Waals surface area (Å²) in [6.45, 7) is 11.1. The van der Waals surface area contributed by atoms with Gasteiger partial charge in [0.25, 0.3) is 5.91 Å². The molecular weight excluding hydrogens is 336 g/mol. The predicted octanol–water partition coefficient (Wildman–Crippen LogP) is 5.15. The van der Waals surface area contributed by atoms with E-state index in [9.17, 15) is 4.79 Å². The van der Waals surface area contributed by atoms with Crippen LogP contribution in [0.4, 0.5) is 11.4 Å². The average molecular weight is 362 g/mol. The van der Waals surface area contributed by atoms with Gasteiger partial charge in [0.1, 0.15) is 11.5 Å². The second-order valence-corrected chi connectivity index (χ2v) is 8.20. The molecule has 0 N–H and O–H groups in total.